The molecule has 2 saturated carbocycles. The molecule has 2 N–H and O–H groups in total. The van der Waals surface area contributed by atoms with Gasteiger partial charge in [0.25, 0.3) is 0 Å². The first kappa shape index (κ1) is 19.6. The van der Waals surface area contributed by atoms with Gasteiger partial charge in [0.05, 0.1) is 11.7 Å². The Balaban J connectivity index is 2.14. The van der Waals surface area contributed by atoms with Crippen molar-refractivity contribution < 1.29 is 19.7 Å². The maximum Gasteiger partial charge on any atom is 0.302 e. The highest BCUT2D eigenvalue weighted by Crippen LogP contribution is 2.63. The Labute approximate surface area is 157 Å². The summed E-state index contributed by atoms with van der Waals surface area (Å²) in [7, 11) is 0. The van der Waals surface area contributed by atoms with Crippen LogP contribution in [0.1, 0.15) is 73.1 Å². The topological polar surface area (TPSA) is 66.8 Å². The van der Waals surface area contributed by atoms with Crippen molar-refractivity contribution >= 4 is 5.97 Å². The number of aliphatic hydroxyl groups excluding tert-OH is 1. The number of carbonyl (C=O) groups is 1. The summed E-state index contributed by atoms with van der Waals surface area (Å²) < 4.78 is 5.64. The van der Waals surface area contributed by atoms with Crippen molar-refractivity contribution in [3.8, 4) is 0 Å². The number of esters is 1. The van der Waals surface area contributed by atoms with Crippen molar-refractivity contribution in [3.63, 3.8) is 0 Å². The highest BCUT2D eigenvalue weighted by molar-refractivity contribution is 5.66. The van der Waals surface area contributed by atoms with E-state index in [2.05, 4.69) is 27.4 Å². The van der Waals surface area contributed by atoms with Gasteiger partial charge >= 0.3 is 5.97 Å². The number of rotatable bonds is 2. The standard InChI is InChI=1S/C22H34O4/c1-13(2)16-9-10-20(5)12-22(25)14(3)7-8-18(26-15(4)23)21(22,6)11-17(24)19(16)20/h13,17-18,24-25H,3,7-12H2,1-2,4-6H3/t17-,18-,20-,21-,22+/m1/s1. The molecule has 0 spiro atoms. The molecule has 0 aliphatic heterocycles. The van der Waals surface area contributed by atoms with E-state index in [-0.39, 0.29) is 11.4 Å². The number of allylic oxidation sites excluding steroid dienone is 1. The second kappa shape index (κ2) is 6.20. The lowest BCUT2D eigenvalue weighted by Crippen LogP contribution is -2.59. The summed E-state index contributed by atoms with van der Waals surface area (Å²) in [5.74, 6) is 0.0508. The highest BCUT2D eigenvalue weighted by atomic mass is 16.5. The smallest absolute Gasteiger partial charge is 0.302 e. The van der Waals surface area contributed by atoms with Gasteiger partial charge in [0.2, 0.25) is 0 Å². The molecule has 0 aromatic carbocycles. The Morgan fingerprint density at radius 1 is 1.31 bits per heavy atom. The summed E-state index contributed by atoms with van der Waals surface area (Å²) in [6.45, 7) is 14.1. The molecule has 5 atom stereocenters. The zero-order valence-corrected chi connectivity index (χ0v) is 16.9. The van der Waals surface area contributed by atoms with Crippen LogP contribution < -0.4 is 0 Å². The summed E-state index contributed by atoms with van der Waals surface area (Å²) in [6, 6.07) is 0. The Morgan fingerprint density at radius 3 is 2.54 bits per heavy atom. The lowest BCUT2D eigenvalue weighted by atomic mass is 9.56. The van der Waals surface area contributed by atoms with E-state index >= 15 is 0 Å². The number of hydrogen-bond acceptors (Lipinski definition) is 4. The summed E-state index contributed by atoms with van der Waals surface area (Å²) in [5, 5.41) is 23.2. The predicted octanol–water partition coefficient (Wildman–Crippen LogP) is 3.91. The van der Waals surface area contributed by atoms with Crippen molar-refractivity contribution in [1.82, 2.24) is 0 Å². The fourth-order valence-electron chi connectivity index (χ4n) is 6.05. The molecule has 0 saturated heterocycles. The molecule has 0 aromatic rings. The number of fused-ring (bicyclic) bond motifs is 2. The van der Waals surface area contributed by atoms with E-state index in [1.807, 2.05) is 6.92 Å². The monoisotopic (exact) mass is 362 g/mol. The minimum Gasteiger partial charge on any atom is -0.462 e. The molecule has 3 rings (SSSR count). The normalized spacial score (nSPS) is 43.2. The zero-order valence-electron chi connectivity index (χ0n) is 16.9. The van der Waals surface area contributed by atoms with Crippen LogP contribution in [0.5, 0.6) is 0 Å². The van der Waals surface area contributed by atoms with Gasteiger partial charge < -0.3 is 14.9 Å². The Morgan fingerprint density at radius 2 is 1.96 bits per heavy atom. The van der Waals surface area contributed by atoms with Gasteiger partial charge in [0.15, 0.2) is 0 Å². The molecule has 0 radical (unpaired) electrons. The van der Waals surface area contributed by atoms with Gasteiger partial charge in [0, 0.05) is 12.3 Å². The van der Waals surface area contributed by atoms with Gasteiger partial charge in [-0.1, -0.05) is 39.8 Å². The van der Waals surface area contributed by atoms with E-state index in [1.165, 1.54) is 12.5 Å². The van der Waals surface area contributed by atoms with Crippen LogP contribution >= 0.6 is 0 Å². The van der Waals surface area contributed by atoms with Crippen molar-refractivity contribution in [2.45, 2.75) is 91.0 Å². The number of aliphatic hydroxyl groups is 2. The van der Waals surface area contributed by atoms with Crippen LogP contribution in [0.2, 0.25) is 0 Å². The van der Waals surface area contributed by atoms with Crippen LogP contribution in [0.25, 0.3) is 0 Å². The third-order valence-corrected chi connectivity index (χ3v) is 7.49. The van der Waals surface area contributed by atoms with Crippen molar-refractivity contribution in [1.29, 1.82) is 0 Å². The van der Waals surface area contributed by atoms with E-state index in [9.17, 15) is 15.0 Å². The van der Waals surface area contributed by atoms with Crippen LogP contribution in [0.3, 0.4) is 0 Å². The van der Waals surface area contributed by atoms with Crippen molar-refractivity contribution in [2.24, 2.45) is 16.7 Å². The molecule has 0 aromatic heterocycles. The SMILES string of the molecule is C=C1CC[C@@H](OC(C)=O)[C@@]2(C)C[C@@H](O)C3=C(C(C)C)CC[C@]3(C)C[C@]12O. The third-order valence-electron chi connectivity index (χ3n) is 7.49. The molecule has 26 heavy (non-hydrogen) atoms. The first-order valence-corrected chi connectivity index (χ1v) is 9.94. The van der Waals surface area contributed by atoms with Crippen LogP contribution in [0.4, 0.5) is 0 Å². The van der Waals surface area contributed by atoms with E-state index in [4.69, 9.17) is 4.74 Å². The van der Waals surface area contributed by atoms with Crippen LogP contribution in [0, 0.1) is 16.7 Å². The maximum atomic E-state index is 11.9. The molecule has 4 heteroatoms. The first-order valence-electron chi connectivity index (χ1n) is 9.94. The Kier molecular flexibility index (Phi) is 4.68. The fourth-order valence-corrected chi connectivity index (χ4v) is 6.05. The van der Waals surface area contributed by atoms with E-state index in [0.29, 0.717) is 31.6 Å². The number of carbonyl (C=O) groups excluding carboxylic acids is 1. The molecular weight excluding hydrogens is 328 g/mol. The Hall–Kier alpha value is -1.13. The van der Waals surface area contributed by atoms with Gasteiger partial charge in [-0.15, -0.1) is 0 Å². The molecule has 3 aliphatic rings. The average molecular weight is 363 g/mol. The number of hydrogen-bond donors (Lipinski definition) is 2. The average Bonchev–Trinajstić information content (AvgIpc) is 2.82. The first-order chi connectivity index (χ1) is 11.9. The second-order valence-electron chi connectivity index (χ2n) is 9.57. The van der Waals surface area contributed by atoms with E-state index in [0.717, 1.165) is 24.0 Å². The lowest BCUT2D eigenvalue weighted by Gasteiger charge is -2.54. The summed E-state index contributed by atoms with van der Waals surface area (Å²) in [6.07, 6.45) is 3.11. The molecule has 2 fully saturated rings. The molecular formula is C22H34O4. The van der Waals surface area contributed by atoms with E-state index in [1.54, 1.807) is 0 Å². The largest absolute Gasteiger partial charge is 0.462 e. The molecule has 0 bridgehead atoms. The highest BCUT2D eigenvalue weighted by Gasteiger charge is 2.63. The number of ether oxygens (including phenoxy) is 1. The molecule has 4 nitrogen and oxygen atoms in total. The van der Waals surface area contributed by atoms with Gasteiger partial charge in [-0.25, -0.2) is 0 Å². The molecule has 3 aliphatic carbocycles. The summed E-state index contributed by atoms with van der Waals surface area (Å²) in [4.78, 5) is 11.7. The van der Waals surface area contributed by atoms with Gasteiger partial charge in [0.1, 0.15) is 6.10 Å². The van der Waals surface area contributed by atoms with Crippen LogP contribution in [0.15, 0.2) is 23.3 Å². The summed E-state index contributed by atoms with van der Waals surface area (Å²) in [5.41, 5.74) is 1.14. The second-order valence-corrected chi connectivity index (χ2v) is 9.57. The lowest BCUT2D eigenvalue weighted by molar-refractivity contribution is -0.183. The molecule has 0 amide bonds. The molecule has 0 heterocycles. The minimum atomic E-state index is -1.14. The minimum absolute atomic E-state index is 0.243. The summed E-state index contributed by atoms with van der Waals surface area (Å²) >= 11 is 0. The van der Waals surface area contributed by atoms with Crippen molar-refractivity contribution in [3.05, 3.63) is 23.3 Å². The van der Waals surface area contributed by atoms with Crippen LogP contribution in [-0.4, -0.2) is 34.0 Å². The quantitative estimate of drug-likeness (QED) is 0.577. The maximum absolute atomic E-state index is 11.9. The fraction of sp³-hybridized carbons (Fsp3) is 0.773. The van der Waals surface area contributed by atoms with Gasteiger partial charge in [-0.05, 0) is 61.0 Å². The molecule has 0 unspecified atom stereocenters. The predicted molar refractivity (Wildman–Crippen MR) is 101 cm³/mol. The Bertz CT molecular complexity index is 663. The van der Waals surface area contributed by atoms with Gasteiger partial charge in [-0.3, -0.25) is 4.79 Å². The van der Waals surface area contributed by atoms with Crippen LogP contribution in [-0.2, 0) is 9.53 Å². The van der Waals surface area contributed by atoms with Crippen molar-refractivity contribution in [2.75, 3.05) is 0 Å². The molecule has 146 valence electrons. The van der Waals surface area contributed by atoms with E-state index < -0.39 is 23.2 Å². The third kappa shape index (κ3) is 2.68. The zero-order chi connectivity index (χ0) is 19.5. The van der Waals surface area contributed by atoms with Gasteiger partial charge in [-0.2, -0.15) is 0 Å².